The van der Waals surface area contributed by atoms with Crippen LogP contribution in [0, 0.1) is 17.2 Å². The molecule has 118 valence electrons. The number of hydrogen-bond acceptors (Lipinski definition) is 2. The van der Waals surface area contributed by atoms with E-state index in [1.807, 2.05) is 0 Å². The average Bonchev–Trinajstić information content (AvgIpc) is 2.93. The van der Waals surface area contributed by atoms with Gasteiger partial charge < -0.3 is 4.90 Å². The van der Waals surface area contributed by atoms with Gasteiger partial charge in [-0.15, -0.1) is 0 Å². The summed E-state index contributed by atoms with van der Waals surface area (Å²) in [6, 6.07) is 7.44. The lowest BCUT2D eigenvalue weighted by molar-refractivity contribution is -0.138. The van der Waals surface area contributed by atoms with Crippen LogP contribution in [0.4, 0.5) is 13.2 Å². The monoisotopic (exact) mass is 310 g/mol. The van der Waals surface area contributed by atoms with E-state index in [4.69, 9.17) is 5.26 Å². The zero-order chi connectivity index (χ0) is 16.2. The molecular formula is C16H17F3N2O. The molecule has 1 aromatic rings. The van der Waals surface area contributed by atoms with Crippen LogP contribution in [0.3, 0.4) is 0 Å². The van der Waals surface area contributed by atoms with E-state index in [0.717, 1.165) is 12.5 Å². The number of nitriles is 1. The first-order valence-corrected chi connectivity index (χ1v) is 7.21. The van der Waals surface area contributed by atoms with Crippen molar-refractivity contribution in [1.29, 1.82) is 5.26 Å². The van der Waals surface area contributed by atoms with Crippen LogP contribution in [-0.2, 0) is 17.4 Å². The Morgan fingerprint density at radius 3 is 2.77 bits per heavy atom. The van der Waals surface area contributed by atoms with Crippen molar-refractivity contribution in [3.63, 3.8) is 0 Å². The van der Waals surface area contributed by atoms with Gasteiger partial charge in [0.2, 0.25) is 5.91 Å². The van der Waals surface area contributed by atoms with Crippen LogP contribution in [0.25, 0.3) is 0 Å². The number of carbonyl (C=O) groups excluding carboxylic acids is 1. The van der Waals surface area contributed by atoms with Gasteiger partial charge in [-0.3, -0.25) is 4.79 Å². The SMILES string of the molecule is N#CCC1CCN(C(=O)CCc2ccccc2C(F)(F)F)C1. The lowest BCUT2D eigenvalue weighted by Gasteiger charge is -2.17. The molecule has 22 heavy (non-hydrogen) atoms. The highest BCUT2D eigenvalue weighted by Gasteiger charge is 2.33. The molecule has 1 aliphatic heterocycles. The third-order valence-electron chi connectivity index (χ3n) is 3.95. The number of rotatable bonds is 4. The van der Waals surface area contributed by atoms with Crippen LogP contribution in [0.5, 0.6) is 0 Å². The minimum Gasteiger partial charge on any atom is -0.342 e. The molecule has 0 aliphatic carbocycles. The van der Waals surface area contributed by atoms with Crippen LogP contribution in [-0.4, -0.2) is 23.9 Å². The molecule has 3 nitrogen and oxygen atoms in total. The standard InChI is InChI=1S/C16H17F3N2O/c17-16(18,19)14-4-2-1-3-13(14)5-6-15(22)21-10-8-12(11-21)7-9-20/h1-4,12H,5-8,10-11H2. The summed E-state index contributed by atoms with van der Waals surface area (Å²) in [5, 5.41) is 8.65. The van der Waals surface area contributed by atoms with E-state index < -0.39 is 11.7 Å². The first-order valence-electron chi connectivity index (χ1n) is 7.21. The second kappa shape index (κ2) is 6.82. The first-order chi connectivity index (χ1) is 10.4. The maximum absolute atomic E-state index is 12.9. The van der Waals surface area contributed by atoms with E-state index in [1.54, 1.807) is 11.0 Å². The Morgan fingerprint density at radius 1 is 1.36 bits per heavy atom. The first kappa shape index (κ1) is 16.3. The molecule has 1 atom stereocenters. The van der Waals surface area contributed by atoms with Crippen LogP contribution < -0.4 is 0 Å². The van der Waals surface area contributed by atoms with Crippen molar-refractivity contribution in [3.8, 4) is 6.07 Å². The molecule has 1 fully saturated rings. The lowest BCUT2D eigenvalue weighted by Crippen LogP contribution is -2.29. The van der Waals surface area contributed by atoms with Gasteiger partial charge in [0.25, 0.3) is 0 Å². The maximum Gasteiger partial charge on any atom is 0.416 e. The number of aryl methyl sites for hydroxylation is 1. The minimum atomic E-state index is -4.40. The smallest absolute Gasteiger partial charge is 0.342 e. The van der Waals surface area contributed by atoms with Crippen molar-refractivity contribution >= 4 is 5.91 Å². The van der Waals surface area contributed by atoms with Crippen LogP contribution >= 0.6 is 0 Å². The highest BCUT2D eigenvalue weighted by atomic mass is 19.4. The Hall–Kier alpha value is -2.03. The number of benzene rings is 1. The van der Waals surface area contributed by atoms with E-state index >= 15 is 0 Å². The molecule has 0 bridgehead atoms. The summed E-state index contributed by atoms with van der Waals surface area (Å²) >= 11 is 0. The summed E-state index contributed by atoms with van der Waals surface area (Å²) in [7, 11) is 0. The molecule has 1 aromatic carbocycles. The lowest BCUT2D eigenvalue weighted by atomic mass is 10.0. The number of alkyl halides is 3. The number of likely N-dealkylation sites (tertiary alicyclic amines) is 1. The Morgan fingerprint density at radius 2 is 2.09 bits per heavy atom. The molecule has 1 aliphatic rings. The highest BCUT2D eigenvalue weighted by molar-refractivity contribution is 5.76. The topological polar surface area (TPSA) is 44.1 Å². The van der Waals surface area contributed by atoms with Crippen molar-refractivity contribution in [2.24, 2.45) is 5.92 Å². The van der Waals surface area contributed by atoms with Crippen LogP contribution in [0.15, 0.2) is 24.3 Å². The summed E-state index contributed by atoms with van der Waals surface area (Å²) in [6.45, 7) is 1.12. The summed E-state index contributed by atoms with van der Waals surface area (Å²) in [5.41, 5.74) is -0.525. The van der Waals surface area contributed by atoms with E-state index in [1.165, 1.54) is 12.1 Å². The highest BCUT2D eigenvalue weighted by Crippen LogP contribution is 2.32. The van der Waals surface area contributed by atoms with Crippen molar-refractivity contribution in [1.82, 2.24) is 4.90 Å². The molecular weight excluding hydrogens is 293 g/mol. The molecule has 1 amide bonds. The summed E-state index contributed by atoms with van der Waals surface area (Å²) in [5.74, 6) is 0.0498. The molecule has 2 rings (SSSR count). The number of carbonyl (C=O) groups is 1. The van der Waals surface area contributed by atoms with Gasteiger partial charge >= 0.3 is 6.18 Å². The Bertz CT molecular complexity index is 577. The quantitative estimate of drug-likeness (QED) is 0.855. The van der Waals surface area contributed by atoms with Gasteiger partial charge in [0, 0.05) is 25.9 Å². The summed E-state index contributed by atoms with van der Waals surface area (Å²) < 4.78 is 38.7. The predicted molar refractivity (Wildman–Crippen MR) is 74.7 cm³/mol. The largest absolute Gasteiger partial charge is 0.416 e. The normalized spacial score (nSPS) is 18.3. The molecule has 0 aromatic heterocycles. The Labute approximate surface area is 127 Å². The van der Waals surface area contributed by atoms with E-state index in [9.17, 15) is 18.0 Å². The molecule has 1 unspecified atom stereocenters. The molecule has 1 heterocycles. The van der Waals surface area contributed by atoms with Crippen molar-refractivity contribution < 1.29 is 18.0 Å². The second-order valence-corrected chi connectivity index (χ2v) is 5.51. The van der Waals surface area contributed by atoms with Crippen molar-refractivity contribution in [2.45, 2.75) is 31.9 Å². The zero-order valence-electron chi connectivity index (χ0n) is 12.1. The molecule has 0 spiro atoms. The van der Waals surface area contributed by atoms with Gasteiger partial charge in [-0.05, 0) is 30.4 Å². The number of nitrogens with zero attached hydrogens (tertiary/aromatic N) is 2. The summed E-state index contributed by atoms with van der Waals surface area (Å²) in [4.78, 5) is 13.7. The van der Waals surface area contributed by atoms with Gasteiger partial charge in [-0.25, -0.2) is 0 Å². The van der Waals surface area contributed by atoms with Crippen LogP contribution in [0.2, 0.25) is 0 Å². The van der Waals surface area contributed by atoms with Gasteiger partial charge in [-0.1, -0.05) is 18.2 Å². The second-order valence-electron chi connectivity index (χ2n) is 5.51. The molecule has 1 saturated heterocycles. The van der Waals surface area contributed by atoms with Crippen molar-refractivity contribution in [3.05, 3.63) is 35.4 Å². The molecule has 6 heteroatoms. The zero-order valence-corrected chi connectivity index (χ0v) is 12.1. The van der Waals surface area contributed by atoms with E-state index in [0.29, 0.717) is 19.5 Å². The fraction of sp³-hybridized carbons (Fsp3) is 0.500. The number of halogens is 3. The fourth-order valence-electron chi connectivity index (χ4n) is 2.77. The fourth-order valence-corrected chi connectivity index (χ4v) is 2.77. The molecule has 0 saturated carbocycles. The number of hydrogen-bond donors (Lipinski definition) is 0. The molecule has 0 N–H and O–H groups in total. The Kier molecular flexibility index (Phi) is 5.07. The third-order valence-corrected chi connectivity index (χ3v) is 3.95. The van der Waals surface area contributed by atoms with Gasteiger partial charge in [-0.2, -0.15) is 18.4 Å². The maximum atomic E-state index is 12.9. The number of amides is 1. The van der Waals surface area contributed by atoms with Gasteiger partial charge in [0.1, 0.15) is 0 Å². The summed E-state index contributed by atoms with van der Waals surface area (Å²) in [6.07, 6.45) is -3.05. The van der Waals surface area contributed by atoms with Gasteiger partial charge in [0.05, 0.1) is 11.6 Å². The van der Waals surface area contributed by atoms with E-state index in [2.05, 4.69) is 6.07 Å². The average molecular weight is 310 g/mol. The third kappa shape index (κ3) is 4.00. The predicted octanol–water partition coefficient (Wildman–Crippen LogP) is 3.40. The van der Waals surface area contributed by atoms with Crippen molar-refractivity contribution in [2.75, 3.05) is 13.1 Å². The molecule has 0 radical (unpaired) electrons. The van der Waals surface area contributed by atoms with Gasteiger partial charge in [0.15, 0.2) is 0 Å². The van der Waals surface area contributed by atoms with E-state index in [-0.39, 0.29) is 30.2 Å². The minimum absolute atomic E-state index is 0.0619. The van der Waals surface area contributed by atoms with Crippen LogP contribution in [0.1, 0.15) is 30.4 Å². The Balaban J connectivity index is 1.94.